The first kappa shape index (κ1) is 20.3. The molecule has 26 heavy (non-hydrogen) atoms. The molecule has 1 aromatic carbocycles. The lowest BCUT2D eigenvalue weighted by atomic mass is 9.84. The molecule has 146 valence electrons. The summed E-state index contributed by atoms with van der Waals surface area (Å²) in [6.07, 6.45) is 1.68. The Labute approximate surface area is 155 Å². The van der Waals surface area contributed by atoms with E-state index in [1.54, 1.807) is 14.2 Å². The zero-order chi connectivity index (χ0) is 18.8. The number of benzene rings is 1. The van der Waals surface area contributed by atoms with Gasteiger partial charge in [0.2, 0.25) is 0 Å². The monoisotopic (exact) mass is 365 g/mol. The van der Waals surface area contributed by atoms with Crippen LogP contribution in [-0.2, 0) is 11.3 Å². The zero-order valence-corrected chi connectivity index (χ0v) is 16.0. The van der Waals surface area contributed by atoms with Gasteiger partial charge in [-0.15, -0.1) is 0 Å². The third-order valence-corrected chi connectivity index (χ3v) is 4.70. The van der Waals surface area contributed by atoms with Crippen LogP contribution in [0.25, 0.3) is 0 Å². The molecule has 1 atom stereocenters. The number of ether oxygens (including phenoxy) is 3. The molecule has 7 heteroatoms. The first-order chi connectivity index (χ1) is 12.7. The summed E-state index contributed by atoms with van der Waals surface area (Å²) in [6.45, 7) is 5.61. The van der Waals surface area contributed by atoms with Crippen LogP contribution in [0.5, 0.6) is 11.5 Å². The van der Waals surface area contributed by atoms with Gasteiger partial charge >= 0.3 is 0 Å². The molecule has 0 aliphatic carbocycles. The number of rotatable bonds is 9. The lowest BCUT2D eigenvalue weighted by molar-refractivity contribution is 0.127. The Bertz CT molecular complexity index is 586. The van der Waals surface area contributed by atoms with Crippen LogP contribution in [0.1, 0.15) is 25.3 Å². The highest BCUT2D eigenvalue weighted by molar-refractivity contribution is 5.79. The van der Waals surface area contributed by atoms with E-state index in [0.717, 1.165) is 55.6 Å². The third-order valence-electron chi connectivity index (χ3n) is 4.70. The van der Waals surface area contributed by atoms with E-state index in [9.17, 15) is 5.11 Å². The second-order valence-corrected chi connectivity index (χ2v) is 6.50. The van der Waals surface area contributed by atoms with Crippen LogP contribution in [0.15, 0.2) is 23.2 Å². The van der Waals surface area contributed by atoms with Crippen LogP contribution in [0.3, 0.4) is 0 Å². The Morgan fingerprint density at radius 2 is 2.15 bits per heavy atom. The Morgan fingerprint density at radius 1 is 1.31 bits per heavy atom. The molecule has 2 rings (SSSR count). The van der Waals surface area contributed by atoms with Gasteiger partial charge in [-0.1, -0.05) is 0 Å². The highest BCUT2D eigenvalue weighted by Gasteiger charge is 2.34. The molecule has 1 heterocycles. The number of hydrogen-bond donors (Lipinski definition) is 3. The van der Waals surface area contributed by atoms with Crippen molar-refractivity contribution in [2.24, 2.45) is 10.4 Å². The van der Waals surface area contributed by atoms with Gasteiger partial charge in [0.05, 0.1) is 27.4 Å². The van der Waals surface area contributed by atoms with Crippen LogP contribution >= 0.6 is 0 Å². The molecule has 3 N–H and O–H groups in total. The average molecular weight is 365 g/mol. The van der Waals surface area contributed by atoms with Crippen molar-refractivity contribution in [3.63, 3.8) is 0 Å². The number of aliphatic imine (C=N–C) groups is 1. The van der Waals surface area contributed by atoms with Gasteiger partial charge < -0.3 is 30.0 Å². The molecule has 0 saturated carbocycles. The number of aliphatic hydroxyl groups excluding tert-OH is 1. The Balaban J connectivity index is 2.04. The van der Waals surface area contributed by atoms with E-state index < -0.39 is 0 Å². The van der Waals surface area contributed by atoms with Crippen molar-refractivity contribution in [2.75, 3.05) is 47.1 Å². The molecule has 1 unspecified atom stereocenters. The average Bonchev–Trinajstić information content (AvgIpc) is 3.13. The summed E-state index contributed by atoms with van der Waals surface area (Å²) in [5.41, 5.74) is 0.961. The molecule has 7 nitrogen and oxygen atoms in total. The van der Waals surface area contributed by atoms with Crippen molar-refractivity contribution in [1.29, 1.82) is 0 Å². The molecule has 1 aliphatic rings. The summed E-state index contributed by atoms with van der Waals surface area (Å²) in [5, 5.41) is 16.0. The van der Waals surface area contributed by atoms with Gasteiger partial charge in [-0.3, -0.25) is 0 Å². The van der Waals surface area contributed by atoms with Crippen molar-refractivity contribution in [2.45, 2.75) is 26.3 Å². The maximum atomic E-state index is 9.36. The van der Waals surface area contributed by atoms with Crippen molar-refractivity contribution in [3.8, 4) is 11.5 Å². The van der Waals surface area contributed by atoms with Gasteiger partial charge in [0, 0.05) is 43.3 Å². The van der Waals surface area contributed by atoms with Gasteiger partial charge in [-0.05, 0) is 31.9 Å². The van der Waals surface area contributed by atoms with Crippen molar-refractivity contribution in [3.05, 3.63) is 23.8 Å². The molecule has 1 aromatic rings. The Morgan fingerprint density at radius 3 is 2.77 bits per heavy atom. The number of nitrogens with one attached hydrogen (secondary N) is 2. The number of hydrogen-bond acceptors (Lipinski definition) is 5. The smallest absolute Gasteiger partial charge is 0.191 e. The van der Waals surface area contributed by atoms with E-state index in [4.69, 9.17) is 14.2 Å². The summed E-state index contributed by atoms with van der Waals surface area (Å²) in [7, 11) is 3.28. The standard InChI is InChI=1S/C19H31N3O4/c1-4-20-18(22-13-19(7-9-23)8-10-26-14-19)21-12-15-5-6-16(24-2)11-17(15)25-3/h5-6,11,23H,4,7-10,12-14H2,1-3H3,(H2,20,21,22). The maximum absolute atomic E-state index is 9.36. The highest BCUT2D eigenvalue weighted by atomic mass is 16.5. The van der Waals surface area contributed by atoms with E-state index >= 15 is 0 Å². The lowest BCUT2D eigenvalue weighted by Crippen LogP contribution is -2.44. The second-order valence-electron chi connectivity index (χ2n) is 6.50. The van der Waals surface area contributed by atoms with Crippen LogP contribution in [0, 0.1) is 5.41 Å². The molecule has 0 aromatic heterocycles. The first-order valence-corrected chi connectivity index (χ1v) is 9.08. The molecule has 0 amide bonds. The predicted molar refractivity (Wildman–Crippen MR) is 102 cm³/mol. The van der Waals surface area contributed by atoms with Gasteiger partial charge in [0.1, 0.15) is 11.5 Å². The van der Waals surface area contributed by atoms with E-state index in [1.807, 2.05) is 25.1 Å². The predicted octanol–water partition coefficient (Wildman–Crippen LogP) is 1.55. The topological polar surface area (TPSA) is 84.3 Å². The summed E-state index contributed by atoms with van der Waals surface area (Å²) >= 11 is 0. The Hall–Kier alpha value is -1.99. The fourth-order valence-electron chi connectivity index (χ4n) is 3.07. The van der Waals surface area contributed by atoms with Crippen LogP contribution in [0.4, 0.5) is 0 Å². The van der Waals surface area contributed by atoms with E-state index in [1.165, 1.54) is 0 Å². The Kier molecular flexibility index (Phi) is 8.00. The number of aliphatic hydroxyl groups is 1. The van der Waals surface area contributed by atoms with Crippen molar-refractivity contribution < 1.29 is 19.3 Å². The van der Waals surface area contributed by atoms with Gasteiger partial charge in [0.25, 0.3) is 0 Å². The molecule has 0 bridgehead atoms. The largest absolute Gasteiger partial charge is 0.497 e. The second kappa shape index (κ2) is 10.2. The van der Waals surface area contributed by atoms with E-state index in [2.05, 4.69) is 15.6 Å². The number of nitrogens with zero attached hydrogens (tertiary/aromatic N) is 1. The highest BCUT2D eigenvalue weighted by Crippen LogP contribution is 2.31. The normalized spacial score (nSPS) is 20.1. The SMILES string of the molecule is CCNC(=NCc1ccc(OC)cc1OC)NCC1(CCO)CCOC1. The van der Waals surface area contributed by atoms with E-state index in [0.29, 0.717) is 13.2 Å². The third kappa shape index (κ3) is 5.51. The van der Waals surface area contributed by atoms with Crippen LogP contribution < -0.4 is 20.1 Å². The van der Waals surface area contributed by atoms with Crippen molar-refractivity contribution >= 4 is 5.96 Å². The summed E-state index contributed by atoms with van der Waals surface area (Å²) < 4.78 is 16.2. The molecule has 1 aliphatic heterocycles. The van der Waals surface area contributed by atoms with Gasteiger partial charge in [-0.2, -0.15) is 0 Å². The van der Waals surface area contributed by atoms with Gasteiger partial charge in [-0.25, -0.2) is 4.99 Å². The fourth-order valence-corrected chi connectivity index (χ4v) is 3.07. The zero-order valence-electron chi connectivity index (χ0n) is 16.0. The molecule has 1 fully saturated rings. The molecule has 1 saturated heterocycles. The molecular formula is C19H31N3O4. The van der Waals surface area contributed by atoms with Crippen LogP contribution in [0.2, 0.25) is 0 Å². The van der Waals surface area contributed by atoms with Crippen LogP contribution in [-0.4, -0.2) is 58.2 Å². The van der Waals surface area contributed by atoms with Gasteiger partial charge in [0.15, 0.2) is 5.96 Å². The van der Waals surface area contributed by atoms with Crippen molar-refractivity contribution in [1.82, 2.24) is 10.6 Å². The minimum absolute atomic E-state index is 0.0251. The minimum atomic E-state index is -0.0251. The molecular weight excluding hydrogens is 334 g/mol. The summed E-state index contributed by atoms with van der Waals surface area (Å²) in [5.74, 6) is 2.26. The quantitative estimate of drug-likeness (QED) is 0.455. The fraction of sp³-hybridized carbons (Fsp3) is 0.632. The molecule has 0 radical (unpaired) electrons. The lowest BCUT2D eigenvalue weighted by Gasteiger charge is -2.27. The minimum Gasteiger partial charge on any atom is -0.497 e. The number of methoxy groups -OCH3 is 2. The molecule has 0 spiro atoms. The first-order valence-electron chi connectivity index (χ1n) is 9.08. The van der Waals surface area contributed by atoms with E-state index in [-0.39, 0.29) is 12.0 Å². The maximum Gasteiger partial charge on any atom is 0.191 e. The summed E-state index contributed by atoms with van der Waals surface area (Å²) in [6, 6.07) is 5.72. The number of guanidine groups is 1. The summed E-state index contributed by atoms with van der Waals surface area (Å²) in [4.78, 5) is 4.67.